The first kappa shape index (κ1) is 13.0. The molecule has 0 aliphatic carbocycles. The number of rotatable bonds is 4. The summed E-state index contributed by atoms with van der Waals surface area (Å²) in [6.07, 6.45) is 2.56. The maximum atomic E-state index is 11.9. The summed E-state index contributed by atoms with van der Waals surface area (Å²) in [6, 6.07) is 0. The van der Waals surface area contributed by atoms with E-state index < -0.39 is 0 Å². The molecule has 2 heterocycles. The number of carbonyl (C=O) groups excluding carboxylic acids is 1. The summed E-state index contributed by atoms with van der Waals surface area (Å²) in [7, 11) is 0. The lowest BCUT2D eigenvalue weighted by atomic mass is 10.2. The summed E-state index contributed by atoms with van der Waals surface area (Å²) in [4.78, 5) is 18.0. The number of amides is 1. The SMILES string of the molecule is CC(C)Cn1ncnc1CN1CCCNCC1=O. The molecule has 1 amide bonds. The van der Waals surface area contributed by atoms with Crippen molar-refractivity contribution in [1.29, 1.82) is 0 Å². The van der Waals surface area contributed by atoms with Gasteiger partial charge in [0.25, 0.3) is 0 Å². The van der Waals surface area contributed by atoms with Crippen molar-refractivity contribution in [1.82, 2.24) is 25.0 Å². The summed E-state index contributed by atoms with van der Waals surface area (Å²) in [6.45, 7) is 7.82. The molecule has 0 radical (unpaired) electrons. The average molecular weight is 251 g/mol. The van der Waals surface area contributed by atoms with Crippen LogP contribution in [0.1, 0.15) is 26.1 Å². The van der Waals surface area contributed by atoms with E-state index in [-0.39, 0.29) is 5.91 Å². The van der Waals surface area contributed by atoms with Gasteiger partial charge < -0.3 is 10.2 Å². The third kappa shape index (κ3) is 3.29. The van der Waals surface area contributed by atoms with Gasteiger partial charge in [0.05, 0.1) is 13.1 Å². The van der Waals surface area contributed by atoms with Gasteiger partial charge in [0.1, 0.15) is 12.2 Å². The second-order valence-corrected chi connectivity index (χ2v) is 5.10. The predicted octanol–water partition coefficient (Wildman–Crippen LogP) is 0.256. The van der Waals surface area contributed by atoms with Crippen molar-refractivity contribution in [3.05, 3.63) is 12.2 Å². The molecule has 0 atom stereocenters. The molecule has 2 rings (SSSR count). The quantitative estimate of drug-likeness (QED) is 0.833. The van der Waals surface area contributed by atoms with Crippen LogP contribution in [-0.4, -0.2) is 45.2 Å². The lowest BCUT2D eigenvalue weighted by Gasteiger charge is -2.20. The van der Waals surface area contributed by atoms with Crippen molar-refractivity contribution in [2.75, 3.05) is 19.6 Å². The van der Waals surface area contributed by atoms with Crippen LogP contribution in [-0.2, 0) is 17.9 Å². The highest BCUT2D eigenvalue weighted by molar-refractivity contribution is 5.78. The van der Waals surface area contributed by atoms with E-state index in [9.17, 15) is 4.79 Å². The molecule has 6 heteroatoms. The van der Waals surface area contributed by atoms with Gasteiger partial charge in [-0.3, -0.25) is 4.79 Å². The summed E-state index contributed by atoms with van der Waals surface area (Å²) in [5, 5.41) is 7.34. The summed E-state index contributed by atoms with van der Waals surface area (Å²) in [5.41, 5.74) is 0. The molecule has 1 saturated heterocycles. The molecular weight excluding hydrogens is 230 g/mol. The molecule has 6 nitrogen and oxygen atoms in total. The molecule has 1 aromatic rings. The van der Waals surface area contributed by atoms with Crippen LogP contribution in [0.5, 0.6) is 0 Å². The highest BCUT2D eigenvalue weighted by atomic mass is 16.2. The molecule has 1 aliphatic rings. The Morgan fingerprint density at radius 1 is 1.50 bits per heavy atom. The van der Waals surface area contributed by atoms with Gasteiger partial charge in [-0.15, -0.1) is 0 Å². The van der Waals surface area contributed by atoms with Gasteiger partial charge in [-0.1, -0.05) is 13.8 Å². The molecule has 1 N–H and O–H groups in total. The molecule has 100 valence electrons. The Bertz CT molecular complexity index is 401. The fourth-order valence-corrected chi connectivity index (χ4v) is 2.07. The summed E-state index contributed by atoms with van der Waals surface area (Å²) >= 11 is 0. The Labute approximate surface area is 107 Å². The minimum absolute atomic E-state index is 0.145. The highest BCUT2D eigenvalue weighted by Crippen LogP contribution is 2.07. The van der Waals surface area contributed by atoms with E-state index in [1.807, 2.05) is 9.58 Å². The zero-order valence-corrected chi connectivity index (χ0v) is 11.1. The molecule has 18 heavy (non-hydrogen) atoms. The molecule has 0 bridgehead atoms. The van der Waals surface area contributed by atoms with Crippen molar-refractivity contribution < 1.29 is 4.79 Å². The smallest absolute Gasteiger partial charge is 0.236 e. The summed E-state index contributed by atoms with van der Waals surface area (Å²) in [5.74, 6) is 1.54. The Hall–Kier alpha value is -1.43. The van der Waals surface area contributed by atoms with Crippen LogP contribution in [0.3, 0.4) is 0 Å². The number of carbonyl (C=O) groups is 1. The molecule has 0 unspecified atom stereocenters. The topological polar surface area (TPSA) is 63.1 Å². The fraction of sp³-hybridized carbons (Fsp3) is 0.750. The zero-order valence-electron chi connectivity index (χ0n) is 11.1. The van der Waals surface area contributed by atoms with Crippen molar-refractivity contribution >= 4 is 5.91 Å². The first-order valence-corrected chi connectivity index (χ1v) is 6.52. The van der Waals surface area contributed by atoms with Crippen molar-refractivity contribution in [3.63, 3.8) is 0 Å². The molecule has 1 aromatic heterocycles. The van der Waals surface area contributed by atoms with Gasteiger partial charge in [0, 0.05) is 13.1 Å². The maximum absolute atomic E-state index is 11.9. The van der Waals surface area contributed by atoms with Gasteiger partial charge in [-0.05, 0) is 18.9 Å². The third-order valence-corrected chi connectivity index (χ3v) is 2.98. The highest BCUT2D eigenvalue weighted by Gasteiger charge is 2.18. The first-order chi connectivity index (χ1) is 8.66. The van der Waals surface area contributed by atoms with Crippen LogP contribution in [0.4, 0.5) is 0 Å². The largest absolute Gasteiger partial charge is 0.334 e. The minimum Gasteiger partial charge on any atom is -0.334 e. The van der Waals surface area contributed by atoms with Crippen LogP contribution in [0.15, 0.2) is 6.33 Å². The molecule has 0 saturated carbocycles. The lowest BCUT2D eigenvalue weighted by Crippen LogP contribution is -2.35. The zero-order chi connectivity index (χ0) is 13.0. The Morgan fingerprint density at radius 2 is 2.33 bits per heavy atom. The first-order valence-electron chi connectivity index (χ1n) is 6.52. The molecular formula is C12H21N5O. The van der Waals surface area contributed by atoms with E-state index in [4.69, 9.17) is 0 Å². The lowest BCUT2D eigenvalue weighted by molar-refractivity contribution is -0.130. The Morgan fingerprint density at radius 3 is 3.11 bits per heavy atom. The van der Waals surface area contributed by atoms with Crippen molar-refractivity contribution in [2.45, 2.75) is 33.4 Å². The summed E-state index contributed by atoms with van der Waals surface area (Å²) < 4.78 is 1.90. The van der Waals surface area contributed by atoms with Crippen LogP contribution < -0.4 is 5.32 Å². The van der Waals surface area contributed by atoms with Crippen molar-refractivity contribution in [3.8, 4) is 0 Å². The molecule has 1 fully saturated rings. The van der Waals surface area contributed by atoms with Crippen LogP contribution in [0.25, 0.3) is 0 Å². The Balaban J connectivity index is 2.03. The molecule has 0 spiro atoms. The van der Waals surface area contributed by atoms with Crippen LogP contribution in [0, 0.1) is 5.92 Å². The van der Waals surface area contributed by atoms with Gasteiger partial charge in [0.15, 0.2) is 0 Å². The number of nitrogens with one attached hydrogen (secondary N) is 1. The van der Waals surface area contributed by atoms with E-state index in [1.54, 1.807) is 6.33 Å². The second kappa shape index (κ2) is 5.95. The van der Waals surface area contributed by atoms with Gasteiger partial charge >= 0.3 is 0 Å². The number of hydrogen-bond donors (Lipinski definition) is 1. The fourth-order valence-electron chi connectivity index (χ4n) is 2.07. The predicted molar refractivity (Wildman–Crippen MR) is 67.8 cm³/mol. The van der Waals surface area contributed by atoms with Crippen LogP contribution in [0.2, 0.25) is 0 Å². The standard InChI is InChI=1S/C12H21N5O/c1-10(2)7-17-11(14-9-15-17)8-16-5-3-4-13-6-12(16)18/h9-10,13H,3-8H2,1-2H3. The number of aromatic nitrogens is 3. The van der Waals surface area contributed by atoms with E-state index in [0.717, 1.165) is 31.9 Å². The van der Waals surface area contributed by atoms with Gasteiger partial charge in [-0.25, -0.2) is 9.67 Å². The maximum Gasteiger partial charge on any atom is 0.236 e. The van der Waals surface area contributed by atoms with E-state index in [0.29, 0.717) is 19.0 Å². The normalized spacial score (nSPS) is 17.3. The molecule has 0 aromatic carbocycles. The minimum atomic E-state index is 0.145. The van der Waals surface area contributed by atoms with Gasteiger partial charge in [0.2, 0.25) is 5.91 Å². The number of nitrogens with zero attached hydrogens (tertiary/aromatic N) is 4. The van der Waals surface area contributed by atoms with Crippen molar-refractivity contribution in [2.24, 2.45) is 5.92 Å². The second-order valence-electron chi connectivity index (χ2n) is 5.10. The van der Waals surface area contributed by atoms with E-state index >= 15 is 0 Å². The Kier molecular flexibility index (Phi) is 4.30. The van der Waals surface area contributed by atoms with E-state index in [1.165, 1.54) is 0 Å². The molecule has 1 aliphatic heterocycles. The average Bonchev–Trinajstić information content (AvgIpc) is 2.62. The monoisotopic (exact) mass is 251 g/mol. The number of hydrogen-bond acceptors (Lipinski definition) is 4. The van der Waals surface area contributed by atoms with Gasteiger partial charge in [-0.2, -0.15) is 5.10 Å². The third-order valence-electron chi connectivity index (χ3n) is 2.98. The van der Waals surface area contributed by atoms with E-state index in [2.05, 4.69) is 29.2 Å². The van der Waals surface area contributed by atoms with Crippen LogP contribution >= 0.6 is 0 Å².